The number of hydrogen-bond donors (Lipinski definition) is 2. The van der Waals surface area contributed by atoms with Gasteiger partial charge in [0.05, 0.1) is 5.56 Å². The SMILES string of the molecule is CC1(Nc2ncncc2C(N)=O)CCC1. The molecule has 3 N–H and O–H groups in total. The number of aromatic nitrogens is 2. The van der Waals surface area contributed by atoms with E-state index in [1.165, 1.54) is 18.9 Å². The molecule has 0 spiro atoms. The van der Waals surface area contributed by atoms with Crippen molar-refractivity contribution in [2.45, 2.75) is 31.7 Å². The van der Waals surface area contributed by atoms with Gasteiger partial charge in [0.2, 0.25) is 0 Å². The van der Waals surface area contributed by atoms with Crippen LogP contribution in [0.2, 0.25) is 0 Å². The third kappa shape index (κ3) is 1.91. The largest absolute Gasteiger partial charge is 0.365 e. The highest BCUT2D eigenvalue weighted by Crippen LogP contribution is 2.34. The second-order valence-electron chi connectivity index (χ2n) is 4.19. The van der Waals surface area contributed by atoms with E-state index < -0.39 is 5.91 Å². The Balaban J connectivity index is 2.23. The Labute approximate surface area is 88.1 Å². The van der Waals surface area contributed by atoms with Crippen LogP contribution >= 0.6 is 0 Å². The lowest BCUT2D eigenvalue weighted by Gasteiger charge is -2.39. The van der Waals surface area contributed by atoms with Crippen LogP contribution in [0.25, 0.3) is 0 Å². The Hall–Kier alpha value is -1.65. The molecule has 0 aliphatic heterocycles. The average Bonchev–Trinajstić information content (AvgIpc) is 2.16. The predicted octanol–water partition coefficient (Wildman–Crippen LogP) is 0.930. The fourth-order valence-corrected chi connectivity index (χ4v) is 1.73. The molecule has 1 aliphatic carbocycles. The summed E-state index contributed by atoms with van der Waals surface area (Å²) in [5, 5.41) is 3.25. The number of primary amides is 1. The summed E-state index contributed by atoms with van der Waals surface area (Å²) in [6.45, 7) is 2.11. The number of nitrogens with one attached hydrogen (secondary N) is 1. The Morgan fingerprint density at radius 3 is 2.87 bits per heavy atom. The van der Waals surface area contributed by atoms with Crippen LogP contribution in [0.15, 0.2) is 12.5 Å². The first-order chi connectivity index (χ1) is 7.11. The molecule has 1 heterocycles. The van der Waals surface area contributed by atoms with E-state index >= 15 is 0 Å². The van der Waals surface area contributed by atoms with Crippen LogP contribution in [-0.4, -0.2) is 21.4 Å². The van der Waals surface area contributed by atoms with Crippen LogP contribution in [0, 0.1) is 0 Å². The fourth-order valence-electron chi connectivity index (χ4n) is 1.73. The van der Waals surface area contributed by atoms with E-state index in [1.54, 1.807) is 0 Å². The first-order valence-electron chi connectivity index (χ1n) is 4.99. The van der Waals surface area contributed by atoms with Crippen LogP contribution < -0.4 is 11.1 Å². The van der Waals surface area contributed by atoms with Gasteiger partial charge in [-0.3, -0.25) is 4.79 Å². The van der Waals surface area contributed by atoms with E-state index in [0.717, 1.165) is 12.8 Å². The summed E-state index contributed by atoms with van der Waals surface area (Å²) >= 11 is 0. The lowest BCUT2D eigenvalue weighted by molar-refractivity contribution is 0.1000. The minimum Gasteiger partial charge on any atom is -0.365 e. The summed E-state index contributed by atoms with van der Waals surface area (Å²) in [5.41, 5.74) is 5.64. The molecule has 0 saturated heterocycles. The number of carbonyl (C=O) groups excluding carboxylic acids is 1. The molecule has 5 heteroatoms. The molecular weight excluding hydrogens is 192 g/mol. The van der Waals surface area contributed by atoms with Crippen molar-refractivity contribution >= 4 is 11.7 Å². The van der Waals surface area contributed by atoms with Gasteiger partial charge in [0, 0.05) is 11.7 Å². The lowest BCUT2D eigenvalue weighted by atomic mass is 9.78. The lowest BCUT2D eigenvalue weighted by Crippen LogP contribution is -2.42. The predicted molar refractivity (Wildman–Crippen MR) is 56.4 cm³/mol. The highest BCUT2D eigenvalue weighted by molar-refractivity contribution is 5.97. The van der Waals surface area contributed by atoms with Crippen molar-refractivity contribution in [2.24, 2.45) is 5.73 Å². The van der Waals surface area contributed by atoms with Crippen LogP contribution in [0.3, 0.4) is 0 Å². The fraction of sp³-hybridized carbons (Fsp3) is 0.500. The number of anilines is 1. The molecule has 1 amide bonds. The molecule has 1 saturated carbocycles. The average molecular weight is 206 g/mol. The molecule has 1 aromatic rings. The number of hydrogen-bond acceptors (Lipinski definition) is 4. The number of carbonyl (C=O) groups is 1. The topological polar surface area (TPSA) is 80.9 Å². The van der Waals surface area contributed by atoms with Crippen molar-refractivity contribution in [3.05, 3.63) is 18.1 Å². The molecule has 80 valence electrons. The maximum absolute atomic E-state index is 11.1. The van der Waals surface area contributed by atoms with Gasteiger partial charge in [0.1, 0.15) is 12.1 Å². The van der Waals surface area contributed by atoms with Gasteiger partial charge in [0.15, 0.2) is 0 Å². The Bertz CT molecular complexity index is 387. The van der Waals surface area contributed by atoms with Gasteiger partial charge in [0.25, 0.3) is 5.91 Å². The van der Waals surface area contributed by atoms with Gasteiger partial charge < -0.3 is 11.1 Å². The molecule has 1 aliphatic rings. The van der Waals surface area contributed by atoms with Gasteiger partial charge in [-0.05, 0) is 26.2 Å². The quantitative estimate of drug-likeness (QED) is 0.770. The Kier molecular flexibility index (Phi) is 2.30. The Morgan fingerprint density at radius 2 is 2.33 bits per heavy atom. The highest BCUT2D eigenvalue weighted by atomic mass is 16.1. The van der Waals surface area contributed by atoms with E-state index in [-0.39, 0.29) is 5.54 Å². The van der Waals surface area contributed by atoms with Gasteiger partial charge >= 0.3 is 0 Å². The summed E-state index contributed by atoms with van der Waals surface area (Å²) < 4.78 is 0. The van der Waals surface area contributed by atoms with E-state index in [1.807, 2.05) is 0 Å². The van der Waals surface area contributed by atoms with E-state index in [4.69, 9.17) is 5.73 Å². The van der Waals surface area contributed by atoms with E-state index in [2.05, 4.69) is 22.2 Å². The van der Waals surface area contributed by atoms with Gasteiger partial charge in [-0.1, -0.05) is 0 Å². The number of nitrogens with zero attached hydrogens (tertiary/aromatic N) is 2. The highest BCUT2D eigenvalue weighted by Gasteiger charge is 2.32. The molecule has 1 fully saturated rings. The summed E-state index contributed by atoms with van der Waals surface area (Å²) in [6, 6.07) is 0. The first-order valence-corrected chi connectivity index (χ1v) is 4.99. The van der Waals surface area contributed by atoms with Crippen LogP contribution in [-0.2, 0) is 0 Å². The van der Waals surface area contributed by atoms with Crippen molar-refractivity contribution in [1.29, 1.82) is 0 Å². The summed E-state index contributed by atoms with van der Waals surface area (Å²) in [7, 11) is 0. The number of amides is 1. The Morgan fingerprint density at radius 1 is 1.60 bits per heavy atom. The summed E-state index contributed by atoms with van der Waals surface area (Å²) in [6.07, 6.45) is 6.25. The molecule has 0 aromatic carbocycles. The molecule has 5 nitrogen and oxygen atoms in total. The normalized spacial score (nSPS) is 17.9. The second-order valence-corrected chi connectivity index (χ2v) is 4.19. The maximum Gasteiger partial charge on any atom is 0.254 e. The van der Waals surface area contributed by atoms with Crippen molar-refractivity contribution < 1.29 is 4.79 Å². The third-order valence-electron chi connectivity index (χ3n) is 2.86. The molecule has 0 radical (unpaired) electrons. The molecule has 1 aromatic heterocycles. The molecular formula is C10H14N4O. The van der Waals surface area contributed by atoms with Crippen molar-refractivity contribution in [2.75, 3.05) is 5.32 Å². The molecule has 0 atom stereocenters. The summed E-state index contributed by atoms with van der Waals surface area (Å²) in [4.78, 5) is 18.9. The van der Waals surface area contributed by atoms with Crippen LogP contribution in [0.5, 0.6) is 0 Å². The van der Waals surface area contributed by atoms with Gasteiger partial charge in [-0.2, -0.15) is 0 Å². The van der Waals surface area contributed by atoms with E-state index in [0.29, 0.717) is 11.4 Å². The maximum atomic E-state index is 11.1. The van der Waals surface area contributed by atoms with Gasteiger partial charge in [-0.25, -0.2) is 9.97 Å². The number of nitrogens with two attached hydrogens (primary N) is 1. The van der Waals surface area contributed by atoms with Crippen molar-refractivity contribution in [3.63, 3.8) is 0 Å². The first kappa shape index (κ1) is 9.89. The molecule has 0 unspecified atom stereocenters. The third-order valence-corrected chi connectivity index (χ3v) is 2.86. The van der Waals surface area contributed by atoms with E-state index in [9.17, 15) is 4.79 Å². The summed E-state index contributed by atoms with van der Waals surface area (Å²) in [5.74, 6) is 0.0423. The molecule has 15 heavy (non-hydrogen) atoms. The number of rotatable bonds is 3. The van der Waals surface area contributed by atoms with Crippen molar-refractivity contribution in [1.82, 2.24) is 9.97 Å². The standard InChI is InChI=1S/C10H14N4O/c1-10(3-2-4-10)14-9-7(8(11)15)5-12-6-13-9/h5-6H,2-4H2,1H3,(H2,11,15)(H,12,13,14). The zero-order chi connectivity index (χ0) is 10.9. The van der Waals surface area contributed by atoms with Crippen molar-refractivity contribution in [3.8, 4) is 0 Å². The van der Waals surface area contributed by atoms with Gasteiger partial charge in [-0.15, -0.1) is 0 Å². The van der Waals surface area contributed by atoms with Crippen LogP contribution in [0.1, 0.15) is 36.5 Å². The molecule has 0 bridgehead atoms. The zero-order valence-corrected chi connectivity index (χ0v) is 8.66. The minimum atomic E-state index is -0.499. The second kappa shape index (κ2) is 3.49. The minimum absolute atomic E-state index is 0.0541. The van der Waals surface area contributed by atoms with Crippen LogP contribution in [0.4, 0.5) is 5.82 Å². The smallest absolute Gasteiger partial charge is 0.254 e. The zero-order valence-electron chi connectivity index (χ0n) is 8.66. The monoisotopic (exact) mass is 206 g/mol. The molecule has 2 rings (SSSR count).